The van der Waals surface area contributed by atoms with Gasteiger partial charge in [0.25, 0.3) is 11.7 Å². The SMILES string of the molecule is CC(C)COc1cccc(/C(O)=C2/C(=O)C(=O)N(Cc3ccco3)C2c2ccc(Cl)cc2)c1. The number of aliphatic hydroxyl groups excluding tert-OH is 1. The third kappa shape index (κ3) is 4.81. The van der Waals surface area contributed by atoms with Crippen LogP contribution in [0.2, 0.25) is 5.02 Å². The molecular weight excluding hydrogens is 442 g/mol. The Bertz CT molecular complexity index is 1180. The van der Waals surface area contributed by atoms with Crippen molar-refractivity contribution in [1.82, 2.24) is 4.90 Å². The van der Waals surface area contributed by atoms with Crippen LogP contribution >= 0.6 is 11.6 Å². The van der Waals surface area contributed by atoms with E-state index >= 15 is 0 Å². The highest BCUT2D eigenvalue weighted by molar-refractivity contribution is 6.46. The van der Waals surface area contributed by atoms with E-state index in [1.54, 1.807) is 60.7 Å². The quantitative estimate of drug-likeness (QED) is 0.279. The Hall–Kier alpha value is -3.51. The molecule has 0 spiro atoms. The lowest BCUT2D eigenvalue weighted by Crippen LogP contribution is -2.29. The largest absolute Gasteiger partial charge is 0.507 e. The monoisotopic (exact) mass is 465 g/mol. The van der Waals surface area contributed by atoms with E-state index in [9.17, 15) is 14.7 Å². The van der Waals surface area contributed by atoms with Crippen molar-refractivity contribution in [1.29, 1.82) is 0 Å². The molecule has 7 heteroatoms. The molecule has 1 unspecified atom stereocenters. The summed E-state index contributed by atoms with van der Waals surface area (Å²) < 4.78 is 11.2. The first-order valence-electron chi connectivity index (χ1n) is 10.6. The van der Waals surface area contributed by atoms with Crippen LogP contribution < -0.4 is 4.74 Å². The number of carbonyl (C=O) groups excluding carboxylic acids is 2. The zero-order valence-electron chi connectivity index (χ0n) is 18.3. The predicted molar refractivity (Wildman–Crippen MR) is 125 cm³/mol. The summed E-state index contributed by atoms with van der Waals surface area (Å²) in [5.41, 5.74) is 1.06. The fourth-order valence-corrected chi connectivity index (χ4v) is 3.88. The first-order valence-corrected chi connectivity index (χ1v) is 11.0. The molecule has 1 atom stereocenters. The van der Waals surface area contributed by atoms with Crippen molar-refractivity contribution in [2.24, 2.45) is 5.92 Å². The lowest BCUT2D eigenvalue weighted by atomic mass is 9.95. The number of aliphatic hydroxyl groups is 1. The number of likely N-dealkylation sites (tertiary alicyclic amines) is 1. The molecule has 4 rings (SSSR count). The minimum Gasteiger partial charge on any atom is -0.507 e. The van der Waals surface area contributed by atoms with Gasteiger partial charge < -0.3 is 19.2 Å². The Morgan fingerprint density at radius 2 is 1.88 bits per heavy atom. The predicted octanol–water partition coefficient (Wildman–Crippen LogP) is 5.59. The van der Waals surface area contributed by atoms with Gasteiger partial charge in [-0.2, -0.15) is 0 Å². The second-order valence-corrected chi connectivity index (χ2v) is 8.73. The smallest absolute Gasteiger partial charge is 0.296 e. The number of carbonyl (C=O) groups is 2. The van der Waals surface area contributed by atoms with Crippen LogP contribution in [0, 0.1) is 5.92 Å². The molecule has 1 amide bonds. The average Bonchev–Trinajstić information content (AvgIpc) is 3.40. The van der Waals surface area contributed by atoms with Crippen molar-refractivity contribution < 1.29 is 23.8 Å². The molecule has 2 aromatic carbocycles. The van der Waals surface area contributed by atoms with Gasteiger partial charge in [0.15, 0.2) is 0 Å². The maximum absolute atomic E-state index is 13.1. The third-order valence-electron chi connectivity index (χ3n) is 5.32. The van der Waals surface area contributed by atoms with E-state index in [0.717, 1.165) is 0 Å². The van der Waals surface area contributed by atoms with Gasteiger partial charge in [-0.3, -0.25) is 9.59 Å². The number of hydrogen-bond acceptors (Lipinski definition) is 5. The van der Waals surface area contributed by atoms with Crippen molar-refractivity contribution in [3.05, 3.63) is 94.4 Å². The summed E-state index contributed by atoms with van der Waals surface area (Å²) in [6.45, 7) is 4.68. The normalized spacial score (nSPS) is 17.7. The minimum atomic E-state index is -0.799. The zero-order valence-corrected chi connectivity index (χ0v) is 19.1. The van der Waals surface area contributed by atoms with Crippen molar-refractivity contribution in [3.63, 3.8) is 0 Å². The van der Waals surface area contributed by atoms with Gasteiger partial charge in [0.1, 0.15) is 17.3 Å². The van der Waals surface area contributed by atoms with Gasteiger partial charge in [0, 0.05) is 10.6 Å². The number of ether oxygens (including phenoxy) is 1. The number of amides is 1. The van der Waals surface area contributed by atoms with Crippen LogP contribution in [0.5, 0.6) is 5.75 Å². The molecule has 170 valence electrons. The number of Topliss-reactive ketones (excluding diaryl/α,β-unsaturated/α-hetero) is 1. The molecule has 33 heavy (non-hydrogen) atoms. The van der Waals surface area contributed by atoms with Crippen LogP contribution in [0.3, 0.4) is 0 Å². The molecule has 1 aliphatic rings. The maximum Gasteiger partial charge on any atom is 0.296 e. The second-order valence-electron chi connectivity index (χ2n) is 8.29. The van der Waals surface area contributed by atoms with Crippen molar-refractivity contribution in [3.8, 4) is 5.75 Å². The van der Waals surface area contributed by atoms with Gasteiger partial charge in [0.2, 0.25) is 0 Å². The first kappa shape index (κ1) is 22.7. The highest BCUT2D eigenvalue weighted by atomic mass is 35.5. The summed E-state index contributed by atoms with van der Waals surface area (Å²) in [6, 6.07) is 16.4. The zero-order chi connectivity index (χ0) is 23.5. The Kier molecular flexibility index (Phi) is 6.56. The lowest BCUT2D eigenvalue weighted by Gasteiger charge is -2.24. The highest BCUT2D eigenvalue weighted by Crippen LogP contribution is 2.40. The molecule has 1 fully saturated rings. The Morgan fingerprint density at radius 1 is 1.12 bits per heavy atom. The van der Waals surface area contributed by atoms with E-state index in [0.29, 0.717) is 40.2 Å². The molecule has 0 radical (unpaired) electrons. The van der Waals surface area contributed by atoms with E-state index in [4.69, 9.17) is 20.8 Å². The van der Waals surface area contributed by atoms with Crippen LogP contribution in [-0.2, 0) is 16.1 Å². The summed E-state index contributed by atoms with van der Waals surface area (Å²) in [4.78, 5) is 27.5. The minimum absolute atomic E-state index is 0.00916. The summed E-state index contributed by atoms with van der Waals surface area (Å²) in [7, 11) is 0. The van der Waals surface area contributed by atoms with Gasteiger partial charge in [-0.1, -0.05) is 49.7 Å². The molecular formula is C26H24ClNO5. The van der Waals surface area contributed by atoms with Crippen LogP contribution in [0.25, 0.3) is 5.76 Å². The number of ketones is 1. The molecule has 6 nitrogen and oxygen atoms in total. The number of benzene rings is 2. The summed E-state index contributed by atoms with van der Waals surface area (Å²) in [5.74, 6) is -0.294. The van der Waals surface area contributed by atoms with E-state index in [2.05, 4.69) is 0 Å². The van der Waals surface area contributed by atoms with Gasteiger partial charge in [-0.15, -0.1) is 0 Å². The number of rotatable bonds is 7. The van der Waals surface area contributed by atoms with Gasteiger partial charge in [-0.25, -0.2) is 0 Å². The maximum atomic E-state index is 13.1. The molecule has 0 bridgehead atoms. The van der Waals surface area contributed by atoms with Crippen molar-refractivity contribution in [2.75, 3.05) is 6.61 Å². The molecule has 1 saturated heterocycles. The molecule has 2 heterocycles. The van der Waals surface area contributed by atoms with E-state index < -0.39 is 17.7 Å². The standard InChI is InChI=1S/C26H24ClNO5/c1-16(2)15-33-20-6-3-5-18(13-20)24(29)22-23(17-8-10-19(27)11-9-17)28(26(31)25(22)30)14-21-7-4-12-32-21/h3-13,16,23,29H,14-15H2,1-2H3/b24-22-. The number of furan rings is 1. The Balaban J connectivity index is 1.79. The van der Waals surface area contributed by atoms with E-state index in [1.165, 1.54) is 11.2 Å². The van der Waals surface area contributed by atoms with Crippen LogP contribution in [-0.4, -0.2) is 28.3 Å². The fraction of sp³-hybridized carbons (Fsp3) is 0.231. The molecule has 3 aromatic rings. The van der Waals surface area contributed by atoms with Gasteiger partial charge in [0.05, 0.1) is 31.0 Å². The van der Waals surface area contributed by atoms with Crippen LogP contribution in [0.1, 0.15) is 36.8 Å². The second kappa shape index (κ2) is 9.55. The third-order valence-corrected chi connectivity index (χ3v) is 5.57. The first-order chi connectivity index (χ1) is 15.8. The highest BCUT2D eigenvalue weighted by Gasteiger charge is 2.46. The fourth-order valence-electron chi connectivity index (χ4n) is 3.76. The van der Waals surface area contributed by atoms with Crippen LogP contribution in [0.4, 0.5) is 0 Å². The van der Waals surface area contributed by atoms with E-state index in [-0.39, 0.29) is 17.9 Å². The summed E-state index contributed by atoms with van der Waals surface area (Å²) in [5, 5.41) is 11.7. The van der Waals surface area contributed by atoms with Crippen molar-refractivity contribution >= 4 is 29.1 Å². The van der Waals surface area contributed by atoms with E-state index in [1.807, 2.05) is 13.8 Å². The summed E-state index contributed by atoms with van der Waals surface area (Å²) >= 11 is 6.05. The average molecular weight is 466 g/mol. The number of hydrogen-bond donors (Lipinski definition) is 1. The lowest BCUT2D eigenvalue weighted by molar-refractivity contribution is -0.140. The Labute approximate surface area is 197 Å². The topological polar surface area (TPSA) is 80.0 Å². The van der Waals surface area contributed by atoms with Gasteiger partial charge in [-0.05, 0) is 47.9 Å². The van der Waals surface area contributed by atoms with Gasteiger partial charge >= 0.3 is 0 Å². The van der Waals surface area contributed by atoms with Crippen LogP contribution in [0.15, 0.2) is 76.9 Å². The number of nitrogens with zero attached hydrogens (tertiary/aromatic N) is 1. The molecule has 1 aliphatic heterocycles. The molecule has 0 saturated carbocycles. The summed E-state index contributed by atoms with van der Waals surface area (Å²) in [6.07, 6.45) is 1.51. The Morgan fingerprint density at radius 3 is 2.55 bits per heavy atom. The molecule has 1 N–H and O–H groups in total. The van der Waals surface area contributed by atoms with Crippen molar-refractivity contribution in [2.45, 2.75) is 26.4 Å². The molecule has 0 aliphatic carbocycles. The molecule has 1 aromatic heterocycles. The number of halogens is 1.